The van der Waals surface area contributed by atoms with E-state index < -0.39 is 45.4 Å². The van der Waals surface area contributed by atoms with E-state index in [4.69, 9.17) is 5.73 Å². The third-order valence-corrected chi connectivity index (χ3v) is 4.07. The van der Waals surface area contributed by atoms with Gasteiger partial charge in [-0.1, -0.05) is 0 Å². The van der Waals surface area contributed by atoms with E-state index >= 15 is 0 Å². The van der Waals surface area contributed by atoms with E-state index in [1.165, 1.54) is 31.2 Å². The molecule has 13 heteroatoms. The van der Waals surface area contributed by atoms with E-state index in [2.05, 4.69) is 15.8 Å². The van der Waals surface area contributed by atoms with Crippen LogP contribution in [0, 0.1) is 20.2 Å². The second-order valence-electron chi connectivity index (χ2n) is 6.55. The lowest BCUT2D eigenvalue weighted by Crippen LogP contribution is -2.23. The van der Waals surface area contributed by atoms with Crippen LogP contribution >= 0.6 is 0 Å². The van der Waals surface area contributed by atoms with Crippen molar-refractivity contribution in [2.24, 2.45) is 10.8 Å². The molecule has 0 heterocycles. The van der Waals surface area contributed by atoms with Gasteiger partial charge in [0.05, 0.1) is 28.8 Å². The van der Waals surface area contributed by atoms with Crippen molar-refractivity contribution < 1.29 is 24.2 Å². The number of nitrogens with zero attached hydrogens (tertiary/aromatic N) is 3. The van der Waals surface area contributed by atoms with Crippen molar-refractivity contribution >= 4 is 40.5 Å². The van der Waals surface area contributed by atoms with Crippen LogP contribution in [0.15, 0.2) is 47.6 Å². The summed E-state index contributed by atoms with van der Waals surface area (Å²) in [6.07, 6.45) is -0.598. The van der Waals surface area contributed by atoms with Gasteiger partial charge in [0.15, 0.2) is 0 Å². The van der Waals surface area contributed by atoms with Crippen molar-refractivity contribution in [2.45, 2.75) is 19.8 Å². The number of carbonyl (C=O) groups is 3. The fraction of sp³-hybridized carbons (Fsp3) is 0.158. The number of hydrogen-bond acceptors (Lipinski definition) is 8. The number of nitro groups is 2. The van der Waals surface area contributed by atoms with Crippen molar-refractivity contribution in [3.63, 3.8) is 0 Å². The summed E-state index contributed by atoms with van der Waals surface area (Å²) in [5, 5.41) is 28.3. The molecule has 0 spiro atoms. The summed E-state index contributed by atoms with van der Waals surface area (Å²) in [5.41, 5.74) is 7.25. The lowest BCUT2D eigenvalue weighted by molar-refractivity contribution is -0.394. The molecule has 0 aliphatic rings. The second kappa shape index (κ2) is 10.4. The smallest absolute Gasteiger partial charge is 0.279 e. The molecule has 0 unspecified atom stereocenters. The molecule has 13 nitrogen and oxygen atoms in total. The monoisotopic (exact) mass is 442 g/mol. The summed E-state index contributed by atoms with van der Waals surface area (Å²) in [7, 11) is 0. The van der Waals surface area contributed by atoms with E-state index in [0.717, 1.165) is 18.2 Å². The van der Waals surface area contributed by atoms with Gasteiger partial charge in [-0.15, -0.1) is 0 Å². The number of non-ortho nitro benzene ring substituents is 1. The molecule has 0 aromatic heterocycles. The molecule has 3 amide bonds. The summed E-state index contributed by atoms with van der Waals surface area (Å²) in [4.78, 5) is 55.5. The molecule has 0 bridgehead atoms. The molecular formula is C19H18N6O7. The Bertz CT molecular complexity index is 1110. The minimum Gasteiger partial charge on any atom is -0.366 e. The SMILES string of the molecule is CC(CC(=O)Nc1ccc(C(N)=O)cc1)=NNC(=O)Cc1ccc([N+](=O)[O-])cc1[N+](=O)[O-]. The van der Waals surface area contributed by atoms with Crippen molar-refractivity contribution in [1.29, 1.82) is 0 Å². The van der Waals surface area contributed by atoms with E-state index in [9.17, 15) is 34.6 Å². The molecule has 0 radical (unpaired) electrons. The van der Waals surface area contributed by atoms with Gasteiger partial charge in [0.2, 0.25) is 17.7 Å². The fourth-order valence-corrected chi connectivity index (χ4v) is 2.55. The molecule has 0 atom stereocenters. The number of nitrogens with two attached hydrogens (primary N) is 1. The minimum absolute atomic E-state index is 0.0249. The Kier molecular flexibility index (Phi) is 7.65. The number of nitrogens with one attached hydrogen (secondary N) is 2. The largest absolute Gasteiger partial charge is 0.366 e. The van der Waals surface area contributed by atoms with Gasteiger partial charge in [0.25, 0.3) is 11.4 Å². The van der Waals surface area contributed by atoms with Crippen LogP contribution in [0.5, 0.6) is 0 Å². The zero-order chi connectivity index (χ0) is 23.8. The maximum Gasteiger partial charge on any atom is 0.279 e. The van der Waals surface area contributed by atoms with E-state index in [1.807, 2.05) is 0 Å². The predicted molar refractivity (Wildman–Crippen MR) is 113 cm³/mol. The van der Waals surface area contributed by atoms with E-state index in [0.29, 0.717) is 5.69 Å². The molecule has 0 saturated carbocycles. The van der Waals surface area contributed by atoms with E-state index in [1.54, 1.807) is 0 Å². The lowest BCUT2D eigenvalue weighted by Gasteiger charge is -2.06. The van der Waals surface area contributed by atoms with Crippen LogP contribution in [0.1, 0.15) is 29.3 Å². The second-order valence-corrected chi connectivity index (χ2v) is 6.55. The first-order valence-corrected chi connectivity index (χ1v) is 9.00. The van der Waals surface area contributed by atoms with Gasteiger partial charge in [-0.05, 0) is 37.3 Å². The Morgan fingerprint density at radius 3 is 2.22 bits per heavy atom. The quantitative estimate of drug-likeness (QED) is 0.298. The molecule has 166 valence electrons. The van der Waals surface area contributed by atoms with Crippen LogP contribution in [-0.2, 0) is 16.0 Å². The number of primary amides is 1. The van der Waals surface area contributed by atoms with Crippen molar-refractivity contribution in [1.82, 2.24) is 5.43 Å². The van der Waals surface area contributed by atoms with Gasteiger partial charge >= 0.3 is 0 Å². The number of anilines is 1. The average molecular weight is 442 g/mol. The Morgan fingerprint density at radius 2 is 1.66 bits per heavy atom. The average Bonchev–Trinajstić information content (AvgIpc) is 2.72. The van der Waals surface area contributed by atoms with E-state index in [-0.39, 0.29) is 23.3 Å². The molecular weight excluding hydrogens is 424 g/mol. The highest BCUT2D eigenvalue weighted by Crippen LogP contribution is 2.25. The van der Waals surface area contributed by atoms with Crippen LogP contribution in [0.2, 0.25) is 0 Å². The van der Waals surface area contributed by atoms with Gasteiger partial charge in [-0.3, -0.25) is 34.6 Å². The fourth-order valence-electron chi connectivity index (χ4n) is 2.55. The van der Waals surface area contributed by atoms with Crippen LogP contribution in [-0.4, -0.2) is 33.3 Å². The van der Waals surface area contributed by atoms with Gasteiger partial charge in [0, 0.05) is 28.6 Å². The van der Waals surface area contributed by atoms with Gasteiger partial charge in [-0.25, -0.2) is 5.43 Å². The highest BCUT2D eigenvalue weighted by molar-refractivity contribution is 6.06. The maximum atomic E-state index is 12.1. The maximum absolute atomic E-state index is 12.1. The third-order valence-electron chi connectivity index (χ3n) is 4.07. The highest BCUT2D eigenvalue weighted by atomic mass is 16.6. The van der Waals surface area contributed by atoms with Crippen molar-refractivity contribution in [3.05, 3.63) is 73.8 Å². The Balaban J connectivity index is 1.94. The zero-order valence-corrected chi connectivity index (χ0v) is 16.7. The first-order chi connectivity index (χ1) is 15.1. The number of carbonyl (C=O) groups excluding carboxylic acids is 3. The van der Waals surface area contributed by atoms with Crippen LogP contribution in [0.4, 0.5) is 17.1 Å². The Morgan fingerprint density at radius 1 is 1.00 bits per heavy atom. The summed E-state index contributed by atoms with van der Waals surface area (Å²) < 4.78 is 0. The molecule has 2 aromatic rings. The van der Waals surface area contributed by atoms with Crippen LogP contribution in [0.3, 0.4) is 0 Å². The molecule has 0 aliphatic carbocycles. The molecule has 2 aromatic carbocycles. The predicted octanol–water partition coefficient (Wildman–Crippen LogP) is 1.67. The third kappa shape index (κ3) is 6.69. The molecule has 0 saturated heterocycles. The number of hydrazone groups is 1. The summed E-state index contributed by atoms with van der Waals surface area (Å²) in [6, 6.07) is 8.88. The highest BCUT2D eigenvalue weighted by Gasteiger charge is 2.21. The van der Waals surface area contributed by atoms with Gasteiger partial charge < -0.3 is 11.1 Å². The number of benzene rings is 2. The lowest BCUT2D eigenvalue weighted by atomic mass is 10.1. The number of nitro benzene ring substituents is 2. The Labute approximate surface area is 180 Å². The number of hydrogen-bond donors (Lipinski definition) is 3. The molecule has 0 fully saturated rings. The van der Waals surface area contributed by atoms with Crippen LogP contribution in [0.25, 0.3) is 0 Å². The van der Waals surface area contributed by atoms with Crippen molar-refractivity contribution in [3.8, 4) is 0 Å². The standard InChI is InChI=1S/C19H18N6O7/c1-11(8-17(26)21-14-5-2-12(3-6-14)19(20)28)22-23-18(27)9-13-4-7-15(24(29)30)10-16(13)25(31)32/h2-7,10H,8-9H2,1H3,(H2,20,28)(H,21,26)(H,23,27). The molecule has 4 N–H and O–H groups in total. The molecule has 2 rings (SSSR count). The summed E-state index contributed by atoms with van der Waals surface area (Å²) in [5.74, 6) is -1.73. The van der Waals surface area contributed by atoms with Crippen LogP contribution < -0.4 is 16.5 Å². The minimum atomic E-state index is -0.815. The summed E-state index contributed by atoms with van der Waals surface area (Å²) in [6.45, 7) is 1.49. The van der Waals surface area contributed by atoms with Crippen molar-refractivity contribution in [2.75, 3.05) is 5.32 Å². The summed E-state index contributed by atoms with van der Waals surface area (Å²) >= 11 is 0. The Hall–Kier alpha value is -4.68. The first kappa shape index (κ1) is 23.6. The van der Waals surface area contributed by atoms with Gasteiger partial charge in [0.1, 0.15) is 0 Å². The molecule has 0 aliphatic heterocycles. The first-order valence-electron chi connectivity index (χ1n) is 9.00. The van der Waals surface area contributed by atoms with Gasteiger partial charge in [-0.2, -0.15) is 5.10 Å². The zero-order valence-electron chi connectivity index (χ0n) is 16.7. The number of rotatable bonds is 9. The topological polar surface area (TPSA) is 200 Å². The normalized spacial score (nSPS) is 10.8. The number of amides is 3. The molecule has 32 heavy (non-hydrogen) atoms.